The van der Waals surface area contributed by atoms with Crippen LogP contribution in [0.4, 0.5) is 0 Å². The van der Waals surface area contributed by atoms with Crippen LogP contribution in [0, 0.1) is 0 Å². The van der Waals surface area contributed by atoms with Gasteiger partial charge in [-0.15, -0.1) is 0 Å². The first-order valence-corrected chi connectivity index (χ1v) is 18.6. The van der Waals surface area contributed by atoms with Crippen molar-refractivity contribution >= 4 is 43.1 Å². The van der Waals surface area contributed by atoms with Crippen LogP contribution in [0.2, 0.25) is 0 Å². The molecule has 0 aliphatic heterocycles. The summed E-state index contributed by atoms with van der Waals surface area (Å²) in [5.74, 6) is 0.419. The summed E-state index contributed by atoms with van der Waals surface area (Å²) in [4.78, 5) is 0. The Morgan fingerprint density at radius 2 is 0.692 bits per heavy atom. The second-order valence-electron chi connectivity index (χ2n) is 15.7. The molecular formula is C52H40. The van der Waals surface area contributed by atoms with E-state index in [0.29, 0.717) is 5.92 Å². The Morgan fingerprint density at radius 3 is 1.21 bits per heavy atom. The van der Waals surface area contributed by atoms with Gasteiger partial charge < -0.3 is 0 Å². The summed E-state index contributed by atoms with van der Waals surface area (Å²) in [5.41, 5.74) is 14.4. The lowest BCUT2D eigenvalue weighted by Crippen LogP contribution is -2.14. The Morgan fingerprint density at radius 1 is 0.327 bits per heavy atom. The molecular weight excluding hydrogens is 625 g/mol. The first-order chi connectivity index (χ1) is 25.3. The van der Waals surface area contributed by atoms with Gasteiger partial charge in [0.2, 0.25) is 0 Å². The molecule has 248 valence electrons. The van der Waals surface area contributed by atoms with E-state index in [1.165, 1.54) is 104 Å². The number of fused-ring (bicyclic) bond motifs is 7. The molecule has 0 aromatic heterocycles. The van der Waals surface area contributed by atoms with Crippen molar-refractivity contribution in [2.24, 2.45) is 0 Å². The van der Waals surface area contributed by atoms with Gasteiger partial charge in [0.25, 0.3) is 0 Å². The number of hydrogen-bond donors (Lipinski definition) is 0. The highest BCUT2D eigenvalue weighted by atomic mass is 14.4. The molecule has 10 rings (SSSR count). The molecule has 52 heavy (non-hydrogen) atoms. The molecule has 1 aliphatic carbocycles. The topological polar surface area (TPSA) is 0 Å². The van der Waals surface area contributed by atoms with Gasteiger partial charge in [0.05, 0.1) is 0 Å². The molecule has 0 bridgehead atoms. The van der Waals surface area contributed by atoms with E-state index >= 15 is 0 Å². The fourth-order valence-corrected chi connectivity index (χ4v) is 8.63. The third kappa shape index (κ3) is 4.97. The van der Waals surface area contributed by atoms with Crippen LogP contribution in [-0.4, -0.2) is 0 Å². The van der Waals surface area contributed by atoms with Crippen LogP contribution in [0.25, 0.3) is 87.6 Å². The summed E-state index contributed by atoms with van der Waals surface area (Å²) in [6.07, 6.45) is 0. The highest BCUT2D eigenvalue weighted by Crippen LogP contribution is 2.51. The lowest BCUT2D eigenvalue weighted by Gasteiger charge is -2.22. The van der Waals surface area contributed by atoms with E-state index < -0.39 is 0 Å². The van der Waals surface area contributed by atoms with Crippen molar-refractivity contribution in [1.82, 2.24) is 0 Å². The molecule has 1 aliphatic rings. The third-order valence-electron chi connectivity index (χ3n) is 11.7. The summed E-state index contributed by atoms with van der Waals surface area (Å²) in [6, 6.07) is 61.8. The van der Waals surface area contributed by atoms with Crippen LogP contribution >= 0.6 is 0 Å². The fraction of sp³-hybridized carbons (Fsp3) is 0.115. The Bertz CT molecular complexity index is 2900. The van der Waals surface area contributed by atoms with Crippen LogP contribution in [0.15, 0.2) is 164 Å². The standard InChI is InChI=1S/C52H40/c1-32(2)44-25-45(41-18-17-39-22-38(15-16-40(39)23-41)37-14-13-33-9-5-6-10-34(33)21-37)27-46(26-44)42-19-20-43-29-49-48-28-35-11-7-8-12-36(35)30-50(48)52(3,4)51(49)31-47(43)24-42/h5-32H,1-4H3. The Kier molecular flexibility index (Phi) is 6.83. The second-order valence-corrected chi connectivity index (χ2v) is 15.7. The summed E-state index contributed by atoms with van der Waals surface area (Å²) >= 11 is 0. The fourth-order valence-electron chi connectivity index (χ4n) is 8.63. The quantitative estimate of drug-likeness (QED) is 0.176. The minimum atomic E-state index is -0.0596. The predicted octanol–water partition coefficient (Wildman–Crippen LogP) is 14.7. The molecule has 0 heterocycles. The van der Waals surface area contributed by atoms with Crippen molar-refractivity contribution in [1.29, 1.82) is 0 Å². The van der Waals surface area contributed by atoms with Crippen molar-refractivity contribution < 1.29 is 0 Å². The van der Waals surface area contributed by atoms with E-state index in [1.54, 1.807) is 0 Å². The van der Waals surface area contributed by atoms with Crippen molar-refractivity contribution in [3.8, 4) is 44.5 Å². The maximum atomic E-state index is 2.46. The van der Waals surface area contributed by atoms with E-state index in [4.69, 9.17) is 0 Å². The summed E-state index contributed by atoms with van der Waals surface area (Å²) in [6.45, 7) is 9.36. The Hall–Kier alpha value is -5.98. The number of benzene rings is 9. The summed E-state index contributed by atoms with van der Waals surface area (Å²) in [7, 11) is 0. The molecule has 0 spiro atoms. The van der Waals surface area contributed by atoms with Gasteiger partial charge in [0, 0.05) is 5.41 Å². The van der Waals surface area contributed by atoms with Gasteiger partial charge in [-0.3, -0.25) is 0 Å². The monoisotopic (exact) mass is 664 g/mol. The highest BCUT2D eigenvalue weighted by Gasteiger charge is 2.36. The van der Waals surface area contributed by atoms with Crippen molar-refractivity contribution in [3.05, 3.63) is 180 Å². The third-order valence-corrected chi connectivity index (χ3v) is 11.7. The average Bonchev–Trinajstić information content (AvgIpc) is 3.39. The number of rotatable bonds is 4. The zero-order chi connectivity index (χ0) is 35.1. The van der Waals surface area contributed by atoms with Crippen LogP contribution < -0.4 is 0 Å². The molecule has 0 nitrogen and oxygen atoms in total. The Balaban J connectivity index is 1.03. The maximum Gasteiger partial charge on any atom is 0.0159 e. The van der Waals surface area contributed by atoms with Gasteiger partial charge in [-0.05, 0) is 165 Å². The minimum Gasteiger partial charge on any atom is -0.0616 e. The van der Waals surface area contributed by atoms with Gasteiger partial charge >= 0.3 is 0 Å². The SMILES string of the molecule is CC(C)c1cc(-c2ccc3cc(-c4ccc5ccccc5c4)ccc3c2)cc(-c2ccc3cc4c(cc3c2)C(C)(C)c2cc3ccccc3cc2-4)c1. The maximum absolute atomic E-state index is 2.46. The van der Waals surface area contributed by atoms with Crippen LogP contribution in [-0.2, 0) is 5.41 Å². The van der Waals surface area contributed by atoms with Crippen molar-refractivity contribution in [3.63, 3.8) is 0 Å². The molecule has 0 heteroatoms. The van der Waals surface area contributed by atoms with E-state index in [0.717, 1.165) is 0 Å². The van der Waals surface area contributed by atoms with Gasteiger partial charge in [-0.1, -0.05) is 137 Å². The molecule has 0 atom stereocenters. The lowest BCUT2D eigenvalue weighted by atomic mass is 9.81. The minimum absolute atomic E-state index is 0.0596. The summed E-state index contributed by atoms with van der Waals surface area (Å²) < 4.78 is 0. The van der Waals surface area contributed by atoms with Gasteiger partial charge in [0.1, 0.15) is 0 Å². The largest absolute Gasteiger partial charge is 0.0616 e. The molecule has 9 aromatic rings. The second kappa shape index (κ2) is 11.5. The Labute approximate surface area is 306 Å². The van der Waals surface area contributed by atoms with Crippen molar-refractivity contribution in [2.45, 2.75) is 39.0 Å². The van der Waals surface area contributed by atoms with Crippen molar-refractivity contribution in [2.75, 3.05) is 0 Å². The lowest BCUT2D eigenvalue weighted by molar-refractivity contribution is 0.662. The smallest absolute Gasteiger partial charge is 0.0159 e. The van der Waals surface area contributed by atoms with E-state index in [9.17, 15) is 0 Å². The van der Waals surface area contributed by atoms with Crippen LogP contribution in [0.5, 0.6) is 0 Å². The molecule has 0 fully saturated rings. The molecule has 0 amide bonds. The zero-order valence-corrected chi connectivity index (χ0v) is 30.2. The number of hydrogen-bond acceptors (Lipinski definition) is 0. The van der Waals surface area contributed by atoms with E-state index in [2.05, 4.69) is 191 Å². The molecule has 0 unspecified atom stereocenters. The van der Waals surface area contributed by atoms with E-state index in [1.807, 2.05) is 0 Å². The molecule has 0 saturated heterocycles. The molecule has 0 radical (unpaired) electrons. The van der Waals surface area contributed by atoms with Crippen LogP contribution in [0.3, 0.4) is 0 Å². The zero-order valence-electron chi connectivity index (χ0n) is 30.2. The van der Waals surface area contributed by atoms with Crippen LogP contribution in [0.1, 0.15) is 50.3 Å². The molecule has 0 saturated carbocycles. The first kappa shape index (κ1) is 30.8. The van der Waals surface area contributed by atoms with E-state index in [-0.39, 0.29) is 5.41 Å². The normalized spacial score (nSPS) is 13.3. The van der Waals surface area contributed by atoms with Gasteiger partial charge in [-0.2, -0.15) is 0 Å². The van der Waals surface area contributed by atoms with Gasteiger partial charge in [0.15, 0.2) is 0 Å². The molecule has 0 N–H and O–H groups in total. The summed E-state index contributed by atoms with van der Waals surface area (Å²) in [5, 5.41) is 10.3. The average molecular weight is 665 g/mol. The highest BCUT2D eigenvalue weighted by molar-refractivity contribution is 5.99. The predicted molar refractivity (Wildman–Crippen MR) is 224 cm³/mol. The van der Waals surface area contributed by atoms with Gasteiger partial charge in [-0.25, -0.2) is 0 Å². The molecule has 9 aromatic carbocycles. The first-order valence-electron chi connectivity index (χ1n) is 18.6.